The molecule has 0 saturated carbocycles. The predicted octanol–water partition coefficient (Wildman–Crippen LogP) is 5.52. The largest absolute Gasteiger partial charge is 0.465 e. The Kier molecular flexibility index (Phi) is 8.41. The molecular weight excluding hydrogens is 418 g/mol. The van der Waals surface area contributed by atoms with Crippen LogP contribution in [0.15, 0.2) is 53.6 Å². The number of hydrogen-bond acceptors (Lipinski definition) is 6. The molecule has 1 heterocycles. The number of carbonyl (C=O) groups is 1. The van der Waals surface area contributed by atoms with Crippen molar-refractivity contribution in [2.75, 3.05) is 12.4 Å². The van der Waals surface area contributed by atoms with Gasteiger partial charge in [-0.1, -0.05) is 55.8 Å². The molecule has 6 heteroatoms. The Labute approximate surface area is 193 Å². The van der Waals surface area contributed by atoms with E-state index in [1.807, 2.05) is 31.2 Å². The summed E-state index contributed by atoms with van der Waals surface area (Å²) in [6, 6.07) is 18.2. The van der Waals surface area contributed by atoms with Crippen LogP contribution in [-0.4, -0.2) is 28.3 Å². The first-order valence-electron chi connectivity index (χ1n) is 10.7. The lowest BCUT2D eigenvalue weighted by atomic mass is 9.97. The lowest BCUT2D eigenvalue weighted by Gasteiger charge is -2.15. The number of hydrogen-bond donors (Lipinski definition) is 0. The van der Waals surface area contributed by atoms with Crippen LogP contribution in [0.5, 0.6) is 0 Å². The second kappa shape index (κ2) is 11.4. The fraction of sp³-hybridized carbons (Fsp3) is 0.308. The van der Waals surface area contributed by atoms with Gasteiger partial charge in [-0.2, -0.15) is 5.26 Å². The van der Waals surface area contributed by atoms with Gasteiger partial charge in [-0.15, -0.1) is 11.8 Å². The van der Waals surface area contributed by atoms with Crippen LogP contribution in [0, 0.1) is 18.3 Å². The van der Waals surface area contributed by atoms with E-state index in [-0.39, 0.29) is 5.97 Å². The van der Waals surface area contributed by atoms with E-state index >= 15 is 0 Å². The third-order valence-corrected chi connectivity index (χ3v) is 5.96. The van der Waals surface area contributed by atoms with E-state index in [0.717, 1.165) is 58.1 Å². The Morgan fingerprint density at radius 3 is 2.56 bits per heavy atom. The van der Waals surface area contributed by atoms with E-state index in [0.29, 0.717) is 17.9 Å². The number of ether oxygens (including phenoxy) is 1. The first-order chi connectivity index (χ1) is 15.5. The SMILES string of the molecule is CCCc1nc(C)nc(SCCOC(C)=O)c1Cc1ccc(-c2ccccc2C#N)cc1. The lowest BCUT2D eigenvalue weighted by Crippen LogP contribution is -2.08. The normalized spacial score (nSPS) is 10.6. The molecule has 0 spiro atoms. The maximum absolute atomic E-state index is 11.1. The highest BCUT2D eigenvalue weighted by molar-refractivity contribution is 7.99. The van der Waals surface area contributed by atoms with Gasteiger partial charge in [0.25, 0.3) is 0 Å². The number of nitriles is 1. The Hall–Kier alpha value is -3.17. The molecule has 5 nitrogen and oxygen atoms in total. The predicted molar refractivity (Wildman–Crippen MR) is 128 cm³/mol. The summed E-state index contributed by atoms with van der Waals surface area (Å²) >= 11 is 1.60. The van der Waals surface area contributed by atoms with Gasteiger partial charge in [-0.3, -0.25) is 4.79 Å². The number of rotatable bonds is 9. The summed E-state index contributed by atoms with van der Waals surface area (Å²) in [6.45, 7) is 5.85. The van der Waals surface area contributed by atoms with E-state index in [9.17, 15) is 10.1 Å². The summed E-state index contributed by atoms with van der Waals surface area (Å²) in [4.78, 5) is 20.5. The van der Waals surface area contributed by atoms with Crippen LogP contribution in [0.1, 0.15) is 48.5 Å². The second-order valence-corrected chi connectivity index (χ2v) is 8.55. The van der Waals surface area contributed by atoms with Crippen molar-refractivity contribution in [1.82, 2.24) is 9.97 Å². The third-order valence-electron chi connectivity index (χ3n) is 4.97. The van der Waals surface area contributed by atoms with Crippen molar-refractivity contribution in [3.63, 3.8) is 0 Å². The van der Waals surface area contributed by atoms with Gasteiger partial charge in [-0.25, -0.2) is 9.97 Å². The molecule has 0 unspecified atom stereocenters. The van der Waals surface area contributed by atoms with Crippen LogP contribution in [-0.2, 0) is 22.4 Å². The van der Waals surface area contributed by atoms with Gasteiger partial charge < -0.3 is 4.74 Å². The van der Waals surface area contributed by atoms with E-state index in [1.165, 1.54) is 6.92 Å². The molecule has 0 aliphatic rings. The van der Waals surface area contributed by atoms with Crippen molar-refractivity contribution in [3.8, 4) is 17.2 Å². The monoisotopic (exact) mass is 445 g/mol. The Morgan fingerprint density at radius 2 is 1.88 bits per heavy atom. The number of esters is 1. The van der Waals surface area contributed by atoms with E-state index < -0.39 is 0 Å². The van der Waals surface area contributed by atoms with Crippen LogP contribution in [0.4, 0.5) is 0 Å². The van der Waals surface area contributed by atoms with Crippen molar-refractivity contribution < 1.29 is 9.53 Å². The summed E-state index contributed by atoms with van der Waals surface area (Å²) in [6.07, 6.45) is 2.63. The van der Waals surface area contributed by atoms with Crippen LogP contribution < -0.4 is 0 Å². The summed E-state index contributed by atoms with van der Waals surface area (Å²) in [5.74, 6) is 1.14. The molecule has 0 bridgehead atoms. The Morgan fingerprint density at radius 1 is 1.12 bits per heavy atom. The van der Waals surface area contributed by atoms with Crippen LogP contribution >= 0.6 is 11.8 Å². The van der Waals surface area contributed by atoms with E-state index in [1.54, 1.807) is 11.8 Å². The van der Waals surface area contributed by atoms with Crippen LogP contribution in [0.2, 0.25) is 0 Å². The minimum atomic E-state index is -0.269. The molecule has 0 radical (unpaired) electrons. The second-order valence-electron chi connectivity index (χ2n) is 7.47. The fourth-order valence-electron chi connectivity index (χ4n) is 3.53. The zero-order valence-electron chi connectivity index (χ0n) is 18.7. The lowest BCUT2D eigenvalue weighted by molar-refractivity contribution is -0.140. The number of nitrogens with zero attached hydrogens (tertiary/aromatic N) is 3. The van der Waals surface area contributed by atoms with Gasteiger partial charge >= 0.3 is 5.97 Å². The Balaban J connectivity index is 1.86. The summed E-state index contributed by atoms with van der Waals surface area (Å²) in [5, 5.41) is 10.3. The number of thioether (sulfide) groups is 1. The topological polar surface area (TPSA) is 75.9 Å². The van der Waals surface area contributed by atoms with E-state index in [4.69, 9.17) is 14.7 Å². The minimum absolute atomic E-state index is 0.269. The number of carbonyl (C=O) groups excluding carboxylic acids is 1. The van der Waals surface area contributed by atoms with Crippen LogP contribution in [0.3, 0.4) is 0 Å². The van der Waals surface area contributed by atoms with Crippen molar-refractivity contribution in [2.45, 2.75) is 45.1 Å². The van der Waals surface area contributed by atoms with Gasteiger partial charge in [-0.05, 0) is 36.1 Å². The van der Waals surface area contributed by atoms with Crippen molar-refractivity contribution in [2.24, 2.45) is 0 Å². The average molecular weight is 446 g/mol. The summed E-state index contributed by atoms with van der Waals surface area (Å²) in [7, 11) is 0. The highest BCUT2D eigenvalue weighted by atomic mass is 32.2. The summed E-state index contributed by atoms with van der Waals surface area (Å²) < 4.78 is 5.08. The van der Waals surface area contributed by atoms with Crippen LogP contribution in [0.25, 0.3) is 11.1 Å². The molecule has 0 saturated heterocycles. The molecule has 0 aliphatic carbocycles. The molecule has 32 heavy (non-hydrogen) atoms. The highest BCUT2D eigenvalue weighted by Crippen LogP contribution is 2.28. The molecule has 1 aromatic heterocycles. The molecule has 0 amide bonds. The highest BCUT2D eigenvalue weighted by Gasteiger charge is 2.15. The van der Waals surface area contributed by atoms with Gasteiger partial charge in [0.1, 0.15) is 17.5 Å². The van der Waals surface area contributed by atoms with Gasteiger partial charge in [0.2, 0.25) is 0 Å². The smallest absolute Gasteiger partial charge is 0.302 e. The maximum atomic E-state index is 11.1. The van der Waals surface area contributed by atoms with Gasteiger partial charge in [0.15, 0.2) is 0 Å². The van der Waals surface area contributed by atoms with E-state index in [2.05, 4.69) is 37.3 Å². The maximum Gasteiger partial charge on any atom is 0.302 e. The summed E-state index contributed by atoms with van der Waals surface area (Å²) in [5.41, 5.74) is 6.01. The molecule has 0 fully saturated rings. The minimum Gasteiger partial charge on any atom is -0.465 e. The Bertz CT molecular complexity index is 1120. The molecule has 0 aliphatic heterocycles. The third kappa shape index (κ3) is 6.18. The number of aromatic nitrogens is 2. The molecule has 0 atom stereocenters. The number of aryl methyl sites for hydroxylation is 2. The quantitative estimate of drug-likeness (QED) is 0.187. The first kappa shape index (κ1) is 23.5. The molecule has 3 aromatic rings. The molecular formula is C26H27N3O2S. The standard InChI is InChI=1S/C26H27N3O2S/c1-4-7-25-24(26(29-18(2)28-25)32-15-14-31-19(3)30)16-20-10-12-21(13-11-20)23-9-6-5-8-22(23)17-27/h5-6,8-13H,4,7,14-16H2,1-3H3. The number of benzene rings is 2. The molecule has 0 N–H and O–H groups in total. The fourth-order valence-corrected chi connectivity index (χ4v) is 4.45. The van der Waals surface area contributed by atoms with Crippen molar-refractivity contribution >= 4 is 17.7 Å². The zero-order chi connectivity index (χ0) is 22.9. The van der Waals surface area contributed by atoms with Crippen molar-refractivity contribution in [1.29, 1.82) is 5.26 Å². The zero-order valence-corrected chi connectivity index (χ0v) is 19.5. The van der Waals surface area contributed by atoms with Gasteiger partial charge in [0.05, 0.1) is 11.6 Å². The molecule has 3 rings (SSSR count). The molecule has 164 valence electrons. The average Bonchev–Trinajstić information content (AvgIpc) is 2.79. The first-order valence-corrected chi connectivity index (χ1v) is 11.7. The van der Waals surface area contributed by atoms with Gasteiger partial charge in [0, 0.05) is 30.4 Å². The van der Waals surface area contributed by atoms with Crippen molar-refractivity contribution in [3.05, 3.63) is 76.7 Å². The molecule has 2 aromatic carbocycles.